The van der Waals surface area contributed by atoms with Gasteiger partial charge in [-0.25, -0.2) is 4.79 Å². The second kappa shape index (κ2) is 6.81. The summed E-state index contributed by atoms with van der Waals surface area (Å²) < 4.78 is 0. The fourth-order valence-electron chi connectivity index (χ4n) is 1.10. The summed E-state index contributed by atoms with van der Waals surface area (Å²) in [7, 11) is 0. The Hall–Kier alpha value is 1.32. The van der Waals surface area contributed by atoms with E-state index >= 15 is 0 Å². The number of halogens is 2. The third-order valence-electron chi connectivity index (χ3n) is 1.77. The number of thiol groups is 1. The van der Waals surface area contributed by atoms with E-state index in [1.165, 1.54) is 4.90 Å². The maximum absolute atomic E-state index is 10.6. The van der Waals surface area contributed by atoms with Gasteiger partial charge in [0.1, 0.15) is 0 Å². The Balaban J connectivity index is 0.00000169. The first kappa shape index (κ1) is 15.3. The molecule has 8 heteroatoms. The topological polar surface area (TPSA) is 52.6 Å². The molecule has 2 N–H and O–H groups in total. The molecule has 1 aliphatic rings. The number of hydrogen-bond donors (Lipinski definition) is 3. The molecule has 4 nitrogen and oxygen atoms in total. The minimum absolute atomic E-state index is 0. The number of carbonyl (C=O) groups is 1. The fraction of sp³-hybridized carbons (Fsp3) is 0.833. The van der Waals surface area contributed by atoms with Crippen LogP contribution in [0.4, 0.5) is 0 Å². The van der Waals surface area contributed by atoms with E-state index in [2.05, 4.69) is 17.9 Å². The van der Waals surface area contributed by atoms with Gasteiger partial charge < -0.3 is 5.11 Å². The van der Waals surface area contributed by atoms with Crippen LogP contribution in [0.5, 0.6) is 0 Å². The third kappa shape index (κ3) is 4.06. The van der Waals surface area contributed by atoms with Crippen molar-refractivity contribution in [1.82, 2.24) is 10.2 Å². The van der Waals surface area contributed by atoms with Crippen molar-refractivity contribution in [1.29, 1.82) is 0 Å². The molecular formula is C6H11Cl2N2NaO2S. The molecule has 3 atom stereocenters. The zero-order valence-corrected chi connectivity index (χ0v) is 9.06. The number of carboxylic acid groups (broad SMARTS) is 1. The van der Waals surface area contributed by atoms with E-state index in [1.807, 2.05) is 0 Å². The molecule has 14 heavy (non-hydrogen) atoms. The number of aliphatic carboxylic acids is 1. The molecule has 0 aromatic rings. The van der Waals surface area contributed by atoms with Gasteiger partial charge in [0.15, 0.2) is 5.37 Å². The van der Waals surface area contributed by atoms with E-state index in [1.54, 1.807) is 0 Å². The Morgan fingerprint density at radius 2 is 2.21 bits per heavy atom. The normalized spacial score (nSPS) is 30.5. The van der Waals surface area contributed by atoms with Crippen molar-refractivity contribution in [2.45, 2.75) is 16.4 Å². The van der Waals surface area contributed by atoms with Crippen LogP contribution in [0.15, 0.2) is 0 Å². The molecular weight excluding hydrogens is 258 g/mol. The van der Waals surface area contributed by atoms with Crippen molar-refractivity contribution in [2.24, 2.45) is 0 Å². The Morgan fingerprint density at radius 1 is 1.64 bits per heavy atom. The van der Waals surface area contributed by atoms with Crippen LogP contribution in [0.2, 0.25) is 0 Å². The Bertz CT molecular complexity index is 212. The first-order valence-corrected chi connectivity index (χ1v) is 5.09. The number of alkyl halides is 2. The summed E-state index contributed by atoms with van der Waals surface area (Å²) in [4.78, 5) is 12.1. The van der Waals surface area contributed by atoms with Crippen LogP contribution in [0.3, 0.4) is 0 Å². The Kier molecular flexibility index (Phi) is 7.45. The predicted molar refractivity (Wildman–Crippen MR) is 61.5 cm³/mol. The molecule has 0 aromatic carbocycles. The number of hydrogen-bond acceptors (Lipinski definition) is 4. The fourth-order valence-corrected chi connectivity index (χ4v) is 1.97. The van der Waals surface area contributed by atoms with E-state index < -0.39 is 11.3 Å². The van der Waals surface area contributed by atoms with Crippen LogP contribution in [0.25, 0.3) is 0 Å². The van der Waals surface area contributed by atoms with Crippen LogP contribution < -0.4 is 5.32 Å². The first-order chi connectivity index (χ1) is 6.02. The van der Waals surface area contributed by atoms with E-state index in [0.717, 1.165) is 0 Å². The Labute approximate surface area is 120 Å². The average Bonchev–Trinajstić information content (AvgIpc) is 2.08. The molecule has 0 amide bonds. The van der Waals surface area contributed by atoms with Gasteiger partial charge in [0.05, 0.1) is 11.0 Å². The number of carboxylic acids is 1. The molecule has 3 unspecified atom stereocenters. The average molecular weight is 269 g/mol. The molecule has 1 saturated heterocycles. The summed E-state index contributed by atoms with van der Waals surface area (Å²) in [5.74, 6) is -1.01. The van der Waals surface area contributed by atoms with Crippen LogP contribution in [0, 0.1) is 0 Å². The molecule has 1 fully saturated rings. The van der Waals surface area contributed by atoms with Gasteiger partial charge in [-0.1, -0.05) is 0 Å². The van der Waals surface area contributed by atoms with Crippen molar-refractivity contribution in [3.8, 4) is 0 Å². The van der Waals surface area contributed by atoms with Crippen LogP contribution in [-0.2, 0) is 4.79 Å². The molecule has 0 saturated carbocycles. The maximum atomic E-state index is 10.6. The second-order valence-electron chi connectivity index (χ2n) is 2.72. The SMILES string of the molecule is O=C(O)C(S)N1CC(Cl)NCC1Cl.[NaH]. The molecule has 1 heterocycles. The summed E-state index contributed by atoms with van der Waals surface area (Å²) in [6, 6.07) is 0. The zero-order chi connectivity index (χ0) is 10.0. The molecule has 0 radical (unpaired) electrons. The van der Waals surface area contributed by atoms with Gasteiger partial charge in [-0.15, -0.1) is 35.8 Å². The quantitative estimate of drug-likeness (QED) is 0.279. The van der Waals surface area contributed by atoms with Gasteiger partial charge >= 0.3 is 35.5 Å². The van der Waals surface area contributed by atoms with Gasteiger partial charge in [0, 0.05) is 13.1 Å². The standard InChI is InChI=1S/C6H10Cl2N2O2S.Na.H/c7-3-2-10(4(8)1-9-3)5(13)6(11)12;;/h3-5,9,13H,1-2H2,(H,11,12);;. The van der Waals surface area contributed by atoms with E-state index in [0.29, 0.717) is 13.1 Å². The van der Waals surface area contributed by atoms with Crippen molar-refractivity contribution < 1.29 is 9.90 Å². The second-order valence-corrected chi connectivity index (χ2v) is 4.24. The minimum atomic E-state index is -1.01. The van der Waals surface area contributed by atoms with E-state index in [-0.39, 0.29) is 40.6 Å². The number of rotatable bonds is 2. The van der Waals surface area contributed by atoms with Gasteiger partial charge in [-0.3, -0.25) is 10.2 Å². The van der Waals surface area contributed by atoms with Crippen LogP contribution in [0.1, 0.15) is 0 Å². The molecule has 78 valence electrons. The molecule has 1 rings (SSSR count). The summed E-state index contributed by atoms with van der Waals surface area (Å²) in [6.07, 6.45) is 0. The first-order valence-electron chi connectivity index (χ1n) is 3.70. The molecule has 1 aliphatic heterocycles. The van der Waals surface area contributed by atoms with Gasteiger partial charge in [0.2, 0.25) is 0 Å². The molecule has 0 aromatic heterocycles. The van der Waals surface area contributed by atoms with Crippen molar-refractivity contribution >= 4 is 71.4 Å². The number of nitrogens with zero attached hydrogens (tertiary/aromatic N) is 1. The van der Waals surface area contributed by atoms with Crippen molar-refractivity contribution in [3.05, 3.63) is 0 Å². The predicted octanol–water partition coefficient (Wildman–Crippen LogP) is -0.287. The number of nitrogens with one attached hydrogen (secondary N) is 1. The monoisotopic (exact) mass is 268 g/mol. The summed E-state index contributed by atoms with van der Waals surface area (Å²) >= 11 is 15.6. The molecule has 0 bridgehead atoms. The summed E-state index contributed by atoms with van der Waals surface area (Å²) in [5.41, 5.74) is -0.655. The van der Waals surface area contributed by atoms with Gasteiger partial charge in [-0.2, -0.15) is 0 Å². The van der Waals surface area contributed by atoms with E-state index in [9.17, 15) is 4.79 Å². The van der Waals surface area contributed by atoms with Crippen molar-refractivity contribution in [2.75, 3.05) is 13.1 Å². The van der Waals surface area contributed by atoms with Gasteiger partial charge in [0.25, 0.3) is 0 Å². The Morgan fingerprint density at radius 3 is 2.71 bits per heavy atom. The molecule has 0 aliphatic carbocycles. The zero-order valence-electron chi connectivity index (χ0n) is 6.65. The molecule has 0 spiro atoms. The van der Waals surface area contributed by atoms with Crippen molar-refractivity contribution in [3.63, 3.8) is 0 Å². The van der Waals surface area contributed by atoms with Crippen LogP contribution in [-0.4, -0.2) is 75.0 Å². The summed E-state index contributed by atoms with van der Waals surface area (Å²) in [6.45, 7) is 0.830. The summed E-state index contributed by atoms with van der Waals surface area (Å²) in [5, 5.41) is 10.7. The van der Waals surface area contributed by atoms with Crippen LogP contribution >= 0.6 is 35.8 Å². The van der Waals surface area contributed by atoms with E-state index in [4.69, 9.17) is 28.3 Å². The number of piperazine rings is 1. The third-order valence-corrected chi connectivity index (χ3v) is 2.99. The van der Waals surface area contributed by atoms with Gasteiger partial charge in [-0.05, 0) is 0 Å².